The zero-order valence-corrected chi connectivity index (χ0v) is 14.1. The molecule has 22 heavy (non-hydrogen) atoms. The summed E-state index contributed by atoms with van der Waals surface area (Å²) in [7, 11) is 0. The minimum atomic E-state index is -0.487. The molecule has 1 amide bonds. The summed E-state index contributed by atoms with van der Waals surface area (Å²) in [6, 6.07) is 10.1. The lowest BCUT2D eigenvalue weighted by Crippen LogP contribution is -2.47. The van der Waals surface area contributed by atoms with Gasteiger partial charge in [0.25, 0.3) is 0 Å². The van der Waals surface area contributed by atoms with Crippen LogP contribution in [0.3, 0.4) is 0 Å². The Morgan fingerprint density at radius 2 is 1.68 bits per heavy atom. The van der Waals surface area contributed by atoms with E-state index >= 15 is 0 Å². The highest BCUT2D eigenvalue weighted by molar-refractivity contribution is 5.84. The molecule has 0 radical (unpaired) electrons. The van der Waals surface area contributed by atoms with Crippen LogP contribution in [0.5, 0.6) is 0 Å². The minimum absolute atomic E-state index is 0.0430. The second-order valence-corrected chi connectivity index (χ2v) is 5.78. The summed E-state index contributed by atoms with van der Waals surface area (Å²) in [6.07, 6.45) is 0. The smallest absolute Gasteiger partial charge is 0.227 e. The number of hydrogen-bond donors (Lipinski definition) is 3. The lowest BCUT2D eigenvalue weighted by atomic mass is 9.92. The third-order valence-electron chi connectivity index (χ3n) is 3.26. The Morgan fingerprint density at radius 3 is 2.27 bits per heavy atom. The number of carbonyl (C=O) groups is 1. The first-order valence-corrected chi connectivity index (χ1v) is 7.84. The third-order valence-corrected chi connectivity index (χ3v) is 3.26. The van der Waals surface area contributed by atoms with Gasteiger partial charge in [0, 0.05) is 19.6 Å². The maximum absolute atomic E-state index is 12.0. The van der Waals surface area contributed by atoms with Crippen molar-refractivity contribution in [2.75, 3.05) is 19.6 Å². The fraction of sp³-hybridized carbons (Fsp3) is 0.529. The molecule has 0 aromatic heterocycles. The molecular weight excluding hydrogens is 276 g/mol. The Hall–Kier alpha value is -2.04. The van der Waals surface area contributed by atoms with E-state index in [2.05, 4.69) is 20.9 Å². The van der Waals surface area contributed by atoms with E-state index in [-0.39, 0.29) is 5.91 Å². The van der Waals surface area contributed by atoms with Crippen molar-refractivity contribution >= 4 is 11.9 Å². The van der Waals surface area contributed by atoms with Crippen molar-refractivity contribution in [1.82, 2.24) is 16.0 Å². The van der Waals surface area contributed by atoms with E-state index in [0.717, 1.165) is 18.1 Å². The van der Waals surface area contributed by atoms with Gasteiger partial charge in [0.1, 0.15) is 0 Å². The average molecular weight is 304 g/mol. The minimum Gasteiger partial charge on any atom is -0.357 e. The Bertz CT molecular complexity index is 483. The SMILES string of the molecule is CCNC(=O)C(C)(C)CNC(=NCc1ccccc1)NCC. The van der Waals surface area contributed by atoms with Crippen LogP contribution < -0.4 is 16.0 Å². The molecule has 1 aromatic carbocycles. The highest BCUT2D eigenvalue weighted by atomic mass is 16.2. The van der Waals surface area contributed by atoms with Gasteiger partial charge in [0.05, 0.1) is 12.0 Å². The first-order valence-electron chi connectivity index (χ1n) is 7.84. The molecule has 0 bridgehead atoms. The Balaban J connectivity index is 2.62. The number of aliphatic imine (C=N–C) groups is 1. The van der Waals surface area contributed by atoms with Gasteiger partial charge in [-0.15, -0.1) is 0 Å². The van der Waals surface area contributed by atoms with Crippen molar-refractivity contribution in [2.24, 2.45) is 10.4 Å². The van der Waals surface area contributed by atoms with Crippen LogP contribution in [0.1, 0.15) is 33.3 Å². The van der Waals surface area contributed by atoms with Crippen LogP contribution >= 0.6 is 0 Å². The first-order chi connectivity index (χ1) is 10.5. The van der Waals surface area contributed by atoms with Crippen LogP contribution in [-0.4, -0.2) is 31.5 Å². The van der Waals surface area contributed by atoms with Crippen LogP contribution in [0, 0.1) is 5.41 Å². The van der Waals surface area contributed by atoms with E-state index in [1.54, 1.807) is 0 Å². The lowest BCUT2D eigenvalue weighted by molar-refractivity contribution is -0.128. The molecule has 1 rings (SSSR count). The van der Waals surface area contributed by atoms with Crippen LogP contribution in [0.15, 0.2) is 35.3 Å². The molecule has 0 aliphatic carbocycles. The van der Waals surface area contributed by atoms with Crippen molar-refractivity contribution < 1.29 is 4.79 Å². The van der Waals surface area contributed by atoms with E-state index in [1.807, 2.05) is 58.0 Å². The van der Waals surface area contributed by atoms with Gasteiger partial charge in [-0.05, 0) is 33.3 Å². The summed E-state index contributed by atoms with van der Waals surface area (Å²) < 4.78 is 0. The predicted octanol–water partition coefficient (Wildman–Crippen LogP) is 1.90. The molecule has 0 saturated heterocycles. The van der Waals surface area contributed by atoms with Gasteiger partial charge < -0.3 is 16.0 Å². The largest absolute Gasteiger partial charge is 0.357 e. The molecule has 122 valence electrons. The van der Waals surface area contributed by atoms with E-state index in [4.69, 9.17) is 0 Å². The molecule has 0 fully saturated rings. The fourth-order valence-electron chi connectivity index (χ4n) is 1.88. The molecule has 0 aliphatic rings. The second kappa shape index (κ2) is 9.07. The summed E-state index contributed by atoms with van der Waals surface area (Å²) in [5.74, 6) is 0.769. The standard InChI is InChI=1S/C17H28N4O/c1-5-18-15(22)17(3,4)13-21-16(19-6-2)20-12-14-10-8-7-9-11-14/h7-11H,5-6,12-13H2,1-4H3,(H,18,22)(H2,19,20,21). The maximum atomic E-state index is 12.0. The number of carbonyl (C=O) groups excluding carboxylic acids is 1. The molecule has 0 saturated carbocycles. The highest BCUT2D eigenvalue weighted by Crippen LogP contribution is 2.13. The number of benzene rings is 1. The normalized spacial score (nSPS) is 11.9. The Labute approximate surface area is 133 Å². The van der Waals surface area contributed by atoms with Crippen molar-refractivity contribution in [3.05, 3.63) is 35.9 Å². The maximum Gasteiger partial charge on any atom is 0.227 e. The van der Waals surface area contributed by atoms with Crippen molar-refractivity contribution in [3.8, 4) is 0 Å². The summed E-state index contributed by atoms with van der Waals surface area (Å²) in [4.78, 5) is 16.6. The topological polar surface area (TPSA) is 65.5 Å². The zero-order chi connectivity index (χ0) is 16.4. The van der Waals surface area contributed by atoms with Crippen LogP contribution in [0.4, 0.5) is 0 Å². The van der Waals surface area contributed by atoms with Crippen molar-refractivity contribution in [2.45, 2.75) is 34.2 Å². The number of nitrogens with one attached hydrogen (secondary N) is 3. The number of amides is 1. The van der Waals surface area contributed by atoms with E-state index in [9.17, 15) is 4.79 Å². The van der Waals surface area contributed by atoms with Crippen LogP contribution in [-0.2, 0) is 11.3 Å². The van der Waals surface area contributed by atoms with Gasteiger partial charge >= 0.3 is 0 Å². The number of guanidine groups is 1. The average Bonchev–Trinajstić information content (AvgIpc) is 2.51. The van der Waals surface area contributed by atoms with Gasteiger partial charge in [-0.3, -0.25) is 4.79 Å². The fourth-order valence-corrected chi connectivity index (χ4v) is 1.88. The van der Waals surface area contributed by atoms with Crippen LogP contribution in [0.2, 0.25) is 0 Å². The zero-order valence-electron chi connectivity index (χ0n) is 14.1. The quantitative estimate of drug-likeness (QED) is 0.532. The first kappa shape index (κ1) is 18.0. The molecule has 5 nitrogen and oxygen atoms in total. The van der Waals surface area contributed by atoms with Gasteiger partial charge in [0.15, 0.2) is 5.96 Å². The van der Waals surface area contributed by atoms with Gasteiger partial charge in [-0.25, -0.2) is 4.99 Å². The second-order valence-electron chi connectivity index (χ2n) is 5.78. The lowest BCUT2D eigenvalue weighted by Gasteiger charge is -2.24. The molecule has 0 unspecified atom stereocenters. The summed E-state index contributed by atoms with van der Waals surface area (Å²) >= 11 is 0. The number of nitrogens with zero attached hydrogens (tertiary/aromatic N) is 1. The number of hydrogen-bond acceptors (Lipinski definition) is 2. The predicted molar refractivity (Wildman–Crippen MR) is 91.7 cm³/mol. The Kier molecular flexibility index (Phi) is 7.43. The van der Waals surface area contributed by atoms with Gasteiger partial charge in [-0.1, -0.05) is 30.3 Å². The molecule has 0 aliphatic heterocycles. The number of rotatable bonds is 7. The highest BCUT2D eigenvalue weighted by Gasteiger charge is 2.27. The monoisotopic (exact) mass is 304 g/mol. The van der Waals surface area contributed by atoms with E-state index in [0.29, 0.717) is 19.6 Å². The van der Waals surface area contributed by atoms with E-state index in [1.165, 1.54) is 0 Å². The van der Waals surface area contributed by atoms with E-state index < -0.39 is 5.41 Å². The van der Waals surface area contributed by atoms with Crippen molar-refractivity contribution in [1.29, 1.82) is 0 Å². The van der Waals surface area contributed by atoms with Crippen LogP contribution in [0.25, 0.3) is 0 Å². The molecular formula is C17H28N4O. The van der Waals surface area contributed by atoms with Crippen molar-refractivity contribution in [3.63, 3.8) is 0 Å². The molecule has 3 N–H and O–H groups in total. The molecule has 0 heterocycles. The van der Waals surface area contributed by atoms with Gasteiger partial charge in [-0.2, -0.15) is 0 Å². The summed E-state index contributed by atoms with van der Waals surface area (Å²) in [5, 5.41) is 9.31. The third kappa shape index (κ3) is 6.16. The van der Waals surface area contributed by atoms with Gasteiger partial charge in [0.2, 0.25) is 5.91 Å². The Morgan fingerprint density at radius 1 is 1.05 bits per heavy atom. The molecule has 0 atom stereocenters. The molecule has 0 spiro atoms. The summed E-state index contributed by atoms with van der Waals surface area (Å²) in [6.45, 7) is 10.4. The summed E-state index contributed by atoms with van der Waals surface area (Å²) in [5.41, 5.74) is 0.668. The molecule has 1 aromatic rings. The molecule has 5 heteroatoms.